The molecule has 0 aliphatic rings. The van der Waals surface area contributed by atoms with Crippen LogP contribution >= 0.6 is 0 Å². The normalized spacial score (nSPS) is 11.1. The van der Waals surface area contributed by atoms with Gasteiger partial charge in [-0.2, -0.15) is 0 Å². The van der Waals surface area contributed by atoms with Crippen LogP contribution < -0.4 is 0 Å². The highest BCUT2D eigenvalue weighted by Gasteiger charge is 2.19. The van der Waals surface area contributed by atoms with Gasteiger partial charge in [0, 0.05) is 23.0 Å². The van der Waals surface area contributed by atoms with Crippen LogP contribution in [-0.2, 0) is 6.54 Å². The second-order valence-corrected chi connectivity index (χ2v) is 6.98. The molecule has 27 heavy (non-hydrogen) atoms. The second-order valence-electron chi connectivity index (χ2n) is 6.98. The molecule has 1 aromatic heterocycles. The molecule has 3 aromatic carbocycles. The van der Waals surface area contributed by atoms with Gasteiger partial charge >= 0.3 is 0 Å². The number of carbonyl (C=O) groups is 1. The van der Waals surface area contributed by atoms with Gasteiger partial charge in [0.2, 0.25) is 0 Å². The van der Waals surface area contributed by atoms with Gasteiger partial charge < -0.3 is 4.57 Å². The fraction of sp³-hybridized carbons (Fsp3) is 0.125. The number of aromatic nitrogens is 1. The molecule has 0 bridgehead atoms. The van der Waals surface area contributed by atoms with E-state index in [1.165, 1.54) is 17.7 Å². The Balaban J connectivity index is 1.99. The second kappa shape index (κ2) is 6.84. The predicted octanol–water partition coefficient (Wildman–Crippen LogP) is 5.93. The van der Waals surface area contributed by atoms with E-state index < -0.39 is 0 Å². The molecule has 4 rings (SSSR count). The lowest BCUT2D eigenvalue weighted by atomic mass is 10.0. The van der Waals surface area contributed by atoms with Crippen molar-refractivity contribution in [2.24, 2.45) is 0 Å². The third kappa shape index (κ3) is 3.17. The summed E-state index contributed by atoms with van der Waals surface area (Å²) in [6.45, 7) is 4.70. The topological polar surface area (TPSA) is 22.0 Å². The predicted molar refractivity (Wildman–Crippen MR) is 108 cm³/mol. The molecule has 0 unspecified atom stereocenters. The monoisotopic (exact) mass is 357 g/mol. The van der Waals surface area contributed by atoms with E-state index in [9.17, 15) is 9.18 Å². The van der Waals surface area contributed by atoms with Gasteiger partial charge in [-0.1, -0.05) is 59.7 Å². The fourth-order valence-electron chi connectivity index (χ4n) is 3.54. The summed E-state index contributed by atoms with van der Waals surface area (Å²) in [7, 11) is 0. The Morgan fingerprint density at radius 1 is 0.889 bits per heavy atom. The number of aldehydes is 1. The summed E-state index contributed by atoms with van der Waals surface area (Å²) in [4.78, 5) is 12.0. The van der Waals surface area contributed by atoms with Crippen molar-refractivity contribution >= 4 is 17.2 Å². The van der Waals surface area contributed by atoms with Crippen LogP contribution in [0.4, 0.5) is 4.39 Å². The molecule has 4 aromatic rings. The Morgan fingerprint density at radius 2 is 1.52 bits per heavy atom. The standard InChI is InChI=1S/C24H20FNO/c1-16-3-7-18(8-4-16)14-26-23-12-11-20(25)13-21(23)22(15-27)24(26)19-9-5-17(2)6-10-19/h3-13,15H,14H2,1-2H3. The highest BCUT2D eigenvalue weighted by atomic mass is 19.1. The largest absolute Gasteiger partial charge is 0.335 e. The maximum Gasteiger partial charge on any atom is 0.152 e. The number of hydrogen-bond acceptors (Lipinski definition) is 1. The number of halogens is 1. The van der Waals surface area contributed by atoms with E-state index >= 15 is 0 Å². The molecule has 0 aliphatic heterocycles. The summed E-state index contributed by atoms with van der Waals surface area (Å²) < 4.78 is 16.0. The molecular formula is C24H20FNO. The third-order valence-electron chi connectivity index (χ3n) is 4.97. The lowest BCUT2D eigenvalue weighted by molar-refractivity contribution is 0.112. The molecule has 134 valence electrons. The van der Waals surface area contributed by atoms with Crippen molar-refractivity contribution in [3.8, 4) is 11.3 Å². The summed E-state index contributed by atoms with van der Waals surface area (Å²) in [5, 5.41) is 0.646. The number of benzene rings is 3. The van der Waals surface area contributed by atoms with Gasteiger partial charge in [0.15, 0.2) is 6.29 Å². The van der Waals surface area contributed by atoms with Crippen LogP contribution in [0.5, 0.6) is 0 Å². The first-order chi connectivity index (χ1) is 13.1. The molecule has 0 radical (unpaired) electrons. The van der Waals surface area contributed by atoms with E-state index in [-0.39, 0.29) is 5.82 Å². The average molecular weight is 357 g/mol. The van der Waals surface area contributed by atoms with Crippen LogP contribution in [-0.4, -0.2) is 10.9 Å². The van der Waals surface area contributed by atoms with Crippen LogP contribution in [0.25, 0.3) is 22.2 Å². The summed E-state index contributed by atoms with van der Waals surface area (Å²) in [6, 6.07) is 21.1. The highest BCUT2D eigenvalue weighted by Crippen LogP contribution is 2.34. The molecular weight excluding hydrogens is 337 g/mol. The lowest BCUT2D eigenvalue weighted by Crippen LogP contribution is -2.03. The van der Waals surface area contributed by atoms with Crippen LogP contribution in [0.15, 0.2) is 66.7 Å². The number of carbonyl (C=O) groups excluding carboxylic acids is 1. The summed E-state index contributed by atoms with van der Waals surface area (Å²) in [6.07, 6.45) is 0.836. The van der Waals surface area contributed by atoms with E-state index in [1.807, 2.05) is 31.2 Å². The molecule has 0 aliphatic carbocycles. The van der Waals surface area contributed by atoms with Crippen molar-refractivity contribution in [1.29, 1.82) is 0 Å². The van der Waals surface area contributed by atoms with Gasteiger partial charge in [-0.15, -0.1) is 0 Å². The van der Waals surface area contributed by atoms with Crippen LogP contribution in [0, 0.1) is 19.7 Å². The van der Waals surface area contributed by atoms with Crippen molar-refractivity contribution in [1.82, 2.24) is 4.57 Å². The first kappa shape index (κ1) is 17.2. The summed E-state index contributed by atoms with van der Waals surface area (Å²) >= 11 is 0. The van der Waals surface area contributed by atoms with Crippen molar-refractivity contribution < 1.29 is 9.18 Å². The Kier molecular flexibility index (Phi) is 4.36. The molecule has 0 atom stereocenters. The zero-order chi connectivity index (χ0) is 19.0. The van der Waals surface area contributed by atoms with E-state index in [4.69, 9.17) is 0 Å². The molecule has 3 heteroatoms. The Bertz CT molecular complexity index is 1120. The Morgan fingerprint density at radius 3 is 2.15 bits per heavy atom. The number of rotatable bonds is 4. The Hall–Kier alpha value is -3.20. The van der Waals surface area contributed by atoms with Gasteiger partial charge in [0.25, 0.3) is 0 Å². The molecule has 0 N–H and O–H groups in total. The third-order valence-corrected chi connectivity index (χ3v) is 4.97. The maximum absolute atomic E-state index is 13.9. The van der Waals surface area contributed by atoms with Crippen LogP contribution in [0.3, 0.4) is 0 Å². The summed E-state index contributed by atoms with van der Waals surface area (Å²) in [5.41, 5.74) is 6.64. The van der Waals surface area contributed by atoms with E-state index in [0.717, 1.165) is 34.2 Å². The number of fused-ring (bicyclic) bond motifs is 1. The summed E-state index contributed by atoms with van der Waals surface area (Å²) in [5.74, 6) is -0.339. The zero-order valence-electron chi connectivity index (χ0n) is 15.4. The molecule has 2 nitrogen and oxygen atoms in total. The Labute approximate surface area is 157 Å². The molecule has 0 fully saturated rings. The van der Waals surface area contributed by atoms with Gasteiger partial charge in [-0.25, -0.2) is 4.39 Å². The maximum atomic E-state index is 13.9. The van der Waals surface area contributed by atoms with E-state index in [2.05, 4.69) is 35.8 Å². The minimum Gasteiger partial charge on any atom is -0.335 e. The minimum atomic E-state index is -0.339. The zero-order valence-corrected chi connectivity index (χ0v) is 15.4. The van der Waals surface area contributed by atoms with Crippen molar-refractivity contribution in [2.45, 2.75) is 20.4 Å². The highest BCUT2D eigenvalue weighted by molar-refractivity contribution is 6.05. The number of nitrogens with zero attached hydrogens (tertiary/aromatic N) is 1. The van der Waals surface area contributed by atoms with Gasteiger partial charge in [0.05, 0.1) is 5.69 Å². The quantitative estimate of drug-likeness (QED) is 0.415. The molecule has 0 amide bonds. The van der Waals surface area contributed by atoms with Gasteiger partial charge in [-0.05, 0) is 43.2 Å². The lowest BCUT2D eigenvalue weighted by Gasteiger charge is -2.12. The van der Waals surface area contributed by atoms with Crippen molar-refractivity contribution in [3.63, 3.8) is 0 Å². The van der Waals surface area contributed by atoms with Crippen LogP contribution in [0.1, 0.15) is 27.0 Å². The molecule has 0 saturated heterocycles. The SMILES string of the molecule is Cc1ccc(Cn2c(-c3ccc(C)cc3)c(C=O)c3cc(F)ccc32)cc1. The fourth-order valence-corrected chi connectivity index (χ4v) is 3.54. The molecule has 0 saturated carbocycles. The first-order valence-electron chi connectivity index (χ1n) is 8.96. The van der Waals surface area contributed by atoms with Crippen molar-refractivity contribution in [3.05, 3.63) is 94.8 Å². The van der Waals surface area contributed by atoms with Crippen molar-refractivity contribution in [2.75, 3.05) is 0 Å². The van der Waals surface area contributed by atoms with E-state index in [0.29, 0.717) is 17.5 Å². The van der Waals surface area contributed by atoms with Gasteiger partial charge in [0.1, 0.15) is 5.82 Å². The first-order valence-corrected chi connectivity index (χ1v) is 8.96. The minimum absolute atomic E-state index is 0.339. The smallest absolute Gasteiger partial charge is 0.152 e. The van der Waals surface area contributed by atoms with Gasteiger partial charge in [-0.3, -0.25) is 4.79 Å². The number of hydrogen-bond donors (Lipinski definition) is 0. The molecule has 0 spiro atoms. The number of aryl methyl sites for hydroxylation is 2. The molecule has 1 heterocycles. The van der Waals surface area contributed by atoms with E-state index in [1.54, 1.807) is 6.07 Å². The average Bonchev–Trinajstić information content (AvgIpc) is 2.96. The van der Waals surface area contributed by atoms with Crippen LogP contribution in [0.2, 0.25) is 0 Å².